The third-order valence-electron chi connectivity index (χ3n) is 30.6. The molecule has 784 valence electrons. The Labute approximate surface area is 886 Å². The topological polar surface area (TPSA) is 256 Å². The Morgan fingerprint density at radius 3 is 1.22 bits per heavy atom. The van der Waals surface area contributed by atoms with Gasteiger partial charge in [-0.2, -0.15) is 46.4 Å². The molecule has 26 nitrogen and oxygen atoms in total. The first-order valence-electron chi connectivity index (χ1n) is 53.9. The molecule has 0 amide bonds. The van der Waals surface area contributed by atoms with Gasteiger partial charge in [0.15, 0.2) is 5.78 Å². The van der Waals surface area contributed by atoms with Gasteiger partial charge in [0.25, 0.3) is 6.43 Å². The number of halogens is 2. The Bertz CT molecular complexity index is 6960. The fraction of sp³-hybridized carbons (Fsp3) is 0.443. The first-order chi connectivity index (χ1) is 71.9. The number of carbonyl (C=O) groups excluding carboxylic acids is 1. The number of nitriles is 3. The molecule has 7 aliphatic heterocycles. The molecule has 0 spiro atoms. The van der Waals surface area contributed by atoms with E-state index in [1.165, 1.54) is 123 Å². The molecule has 15 heterocycles. The molecule has 3 atom stereocenters. The van der Waals surface area contributed by atoms with Crippen molar-refractivity contribution in [2.45, 2.75) is 249 Å². The van der Waals surface area contributed by atoms with Crippen LogP contribution in [0.2, 0.25) is 0 Å². The standard InChI is InChI=1S/C21H24F2N2O.C19H25N3.2C18H22N4.C16H18N4.2C15H20N4/c1-4-20(26)18-8-7-15(12-24-18)16-10-14-6-5-9-25(13(2)3)19(14)11-17(16)21(22)23;1-13(2)22-12-17(14-4-5-14)9-16-8-15(6-7-19(16)22)18-10-20-21(3)11-18;2*1-12(2)22-6-5-13(3)16-8-17(14(9-19)7-18(16)22)15-10-20-21(4)11-15;1-11(2)20-5-4-12-6-15(13(8-17)7-16(12)20)14-9-18-19(3)10-14;1-11(2)19-7-6-16-14-8-12(4-5-15(14)19)13-9-17-18(3)10-13;1-11(2)19-6-4-5-12-7-14(16-9-15(12)19)13-8-17-18(3)10-13/h7-8,10-13,21H,4-6,9H2,1-3H3;6-8,10-11,13-14,17H,4-5,9,12H2,1-3H3;2*7-8,10-13H,5-6H2,1-4H3;6-7,9-11H,4-5H2,1-3H3;4-5,8-11,16H,6-7H2,1-3H3;7-11H,4-6H2,1-3H3/t;;2*13-;;;/m..10.../s1. The Kier molecular flexibility index (Phi) is 34.1. The van der Waals surface area contributed by atoms with Crippen molar-refractivity contribution >= 4 is 51.3 Å². The fourth-order valence-electron chi connectivity index (χ4n) is 22.3. The van der Waals surface area contributed by atoms with E-state index in [1.807, 2.05) is 143 Å². The molecule has 1 aliphatic carbocycles. The maximum atomic E-state index is 13.8. The fourth-order valence-corrected chi connectivity index (χ4v) is 22.3. The molecular weight excluding hydrogens is 1870 g/mol. The third-order valence-corrected chi connectivity index (χ3v) is 30.6. The lowest BCUT2D eigenvalue weighted by atomic mass is 9.87. The highest BCUT2D eigenvalue weighted by molar-refractivity contribution is 5.94. The number of aryl methyl sites for hydroxylation is 8. The lowest BCUT2D eigenvalue weighted by Gasteiger charge is -2.39. The van der Waals surface area contributed by atoms with Crippen molar-refractivity contribution in [1.29, 1.82) is 15.8 Å². The van der Waals surface area contributed by atoms with Crippen molar-refractivity contribution in [3.05, 3.63) is 251 Å². The lowest BCUT2D eigenvalue weighted by molar-refractivity contribution is 0.0983. The molecule has 6 aromatic carbocycles. The van der Waals surface area contributed by atoms with E-state index in [0.29, 0.717) is 71.3 Å². The van der Waals surface area contributed by atoms with Crippen LogP contribution in [0.25, 0.3) is 78.0 Å². The molecule has 1 unspecified atom stereocenters. The average molecular weight is 2020 g/mol. The summed E-state index contributed by atoms with van der Waals surface area (Å²) in [5.41, 5.74) is 34.6. The van der Waals surface area contributed by atoms with Gasteiger partial charge in [-0.25, -0.2) is 8.78 Å². The maximum absolute atomic E-state index is 13.8. The third kappa shape index (κ3) is 24.5. The van der Waals surface area contributed by atoms with E-state index in [0.717, 1.165) is 174 Å². The largest absolute Gasteiger partial charge is 0.382 e. The van der Waals surface area contributed by atoms with Gasteiger partial charge in [0.1, 0.15) is 5.69 Å². The second kappa shape index (κ2) is 47.4. The number of anilines is 8. The number of nitrogens with zero attached hydrogens (tertiary/aromatic N) is 24. The maximum Gasteiger partial charge on any atom is 0.264 e. The number of pyridine rings is 2. The molecule has 1 saturated carbocycles. The molecule has 8 aromatic heterocycles. The number of ketones is 1. The van der Waals surface area contributed by atoms with E-state index < -0.39 is 6.43 Å². The van der Waals surface area contributed by atoms with Gasteiger partial charge in [0.05, 0.1) is 101 Å². The molecule has 0 radical (unpaired) electrons. The van der Waals surface area contributed by atoms with Crippen LogP contribution in [0.1, 0.15) is 247 Å². The number of Topliss-reactive ketones (excluding diaryl/α,β-unsaturated/α-hetero) is 1. The summed E-state index contributed by atoms with van der Waals surface area (Å²) in [6, 6.07) is 45.7. The predicted molar refractivity (Wildman–Crippen MR) is 605 cm³/mol. The minimum atomic E-state index is -2.57. The first kappa shape index (κ1) is 108. The molecule has 28 heteroatoms. The Balaban J connectivity index is 0.000000125. The van der Waals surface area contributed by atoms with Crippen molar-refractivity contribution in [3.63, 3.8) is 0 Å². The average Bonchev–Trinajstić information content (AvgIpc) is 0.999. The van der Waals surface area contributed by atoms with Gasteiger partial charge in [0.2, 0.25) is 0 Å². The van der Waals surface area contributed by atoms with Crippen LogP contribution in [-0.2, 0) is 68.0 Å². The number of nitrogens with one attached hydrogen (secondary N) is 1. The highest BCUT2D eigenvalue weighted by atomic mass is 19.3. The quantitative estimate of drug-likeness (QED) is 0.0783. The van der Waals surface area contributed by atoms with Crippen LogP contribution in [0.3, 0.4) is 0 Å². The molecule has 150 heavy (non-hydrogen) atoms. The number of benzene rings is 6. The van der Waals surface area contributed by atoms with Gasteiger partial charge < -0.3 is 39.6 Å². The molecule has 1 N–H and O–H groups in total. The Morgan fingerprint density at radius 2 is 0.773 bits per heavy atom. The van der Waals surface area contributed by atoms with Crippen LogP contribution >= 0.6 is 0 Å². The van der Waals surface area contributed by atoms with E-state index in [-0.39, 0.29) is 17.4 Å². The smallest absolute Gasteiger partial charge is 0.264 e. The monoisotopic (exact) mass is 2020 g/mol. The molecule has 14 aromatic rings. The summed E-state index contributed by atoms with van der Waals surface area (Å²) in [4.78, 5) is 37.4. The number of alkyl halides is 2. The number of carbonyl (C=O) groups is 1. The second-order valence-electron chi connectivity index (χ2n) is 43.6. The van der Waals surface area contributed by atoms with Crippen LogP contribution in [0, 0.1) is 45.8 Å². The number of hydrogen-bond acceptors (Lipinski definition) is 20. The zero-order valence-electron chi connectivity index (χ0n) is 92.2. The van der Waals surface area contributed by atoms with Crippen molar-refractivity contribution in [3.8, 4) is 96.2 Å². The van der Waals surface area contributed by atoms with Gasteiger partial charge in [-0.05, 0) is 320 Å². The number of aromatic nitrogens is 14. The summed E-state index contributed by atoms with van der Waals surface area (Å²) < 4.78 is 38.4. The molecular formula is C122H151F2N25O. The molecule has 0 saturated heterocycles. The van der Waals surface area contributed by atoms with Gasteiger partial charge >= 0.3 is 0 Å². The SMILES string of the molecule is CC(C)N1CC(C2CC2)Cc2cc(-c3cnn(C)c3)ccc21.CC(C)N1CCCc2cc(-c3cnn(C)c3)ncc21.CC(C)N1CCNc2cc(-c3cnn(C)c3)ccc21.CC(C)N1CC[C@@H](C)c2cc(-c3cnn(C)c3)c(C#N)cc21.CC(C)N1CC[C@H](C)c2cc(-c3cnn(C)c3)c(C#N)cc21.CC(C)N1CCc2cc(-c3cnn(C)c3)c(C#N)cc21.CCC(=O)c1ccc(-c2cc3c(cc2C(F)F)N(C(C)C)CCC3)cn1. The first-order valence-corrected chi connectivity index (χ1v) is 53.9. The zero-order valence-corrected chi connectivity index (χ0v) is 92.2. The van der Waals surface area contributed by atoms with Gasteiger partial charge in [-0.1, -0.05) is 39.0 Å². The van der Waals surface area contributed by atoms with E-state index >= 15 is 0 Å². The van der Waals surface area contributed by atoms with Crippen molar-refractivity contribution in [2.75, 3.05) is 92.0 Å². The summed E-state index contributed by atoms with van der Waals surface area (Å²) >= 11 is 0. The number of rotatable bonds is 18. The van der Waals surface area contributed by atoms with Crippen LogP contribution in [0.15, 0.2) is 190 Å². The highest BCUT2D eigenvalue weighted by Crippen LogP contribution is 2.49. The summed E-state index contributed by atoms with van der Waals surface area (Å²) in [7, 11) is 11.5. The van der Waals surface area contributed by atoms with Crippen LogP contribution in [-0.4, -0.2) is 169 Å². The van der Waals surface area contributed by atoms with Gasteiger partial charge in [0, 0.05) is 276 Å². The highest BCUT2D eigenvalue weighted by Gasteiger charge is 2.38. The van der Waals surface area contributed by atoms with Gasteiger partial charge in [-0.15, -0.1) is 0 Å². The Morgan fingerprint density at radius 1 is 0.367 bits per heavy atom. The minimum Gasteiger partial charge on any atom is -0.382 e. The van der Waals surface area contributed by atoms with E-state index in [1.54, 1.807) is 39.2 Å². The van der Waals surface area contributed by atoms with E-state index in [4.69, 9.17) is 0 Å². The normalized spacial score (nSPS) is 16.2. The van der Waals surface area contributed by atoms with Crippen molar-refractivity contribution in [1.82, 2.24) is 68.7 Å². The van der Waals surface area contributed by atoms with Crippen LogP contribution in [0.5, 0.6) is 0 Å². The lowest BCUT2D eigenvalue weighted by Crippen LogP contribution is -2.40. The summed E-state index contributed by atoms with van der Waals surface area (Å²) in [5.74, 6) is 2.81. The Hall–Kier alpha value is -14.7. The number of hydrogen-bond donors (Lipinski definition) is 1. The minimum absolute atomic E-state index is 0.0210. The molecule has 0 bridgehead atoms. The van der Waals surface area contributed by atoms with E-state index in [9.17, 15) is 29.4 Å². The predicted octanol–water partition coefficient (Wildman–Crippen LogP) is 24.8. The van der Waals surface area contributed by atoms with Crippen LogP contribution in [0.4, 0.5) is 54.3 Å². The van der Waals surface area contributed by atoms with Gasteiger partial charge in [-0.3, -0.25) is 42.9 Å². The summed E-state index contributed by atoms with van der Waals surface area (Å²) in [6.07, 6.45) is 36.4. The molecule has 22 rings (SSSR count). The number of fused-ring (bicyclic) bond motifs is 7. The zero-order chi connectivity index (χ0) is 107. The van der Waals surface area contributed by atoms with Crippen molar-refractivity contribution in [2.24, 2.45) is 54.1 Å². The molecule has 1 fully saturated rings. The summed E-state index contributed by atoms with van der Waals surface area (Å²) in [6.45, 7) is 45.8. The van der Waals surface area contributed by atoms with Crippen LogP contribution < -0.4 is 39.6 Å². The van der Waals surface area contributed by atoms with Crippen molar-refractivity contribution < 1.29 is 13.6 Å². The summed E-state index contributed by atoms with van der Waals surface area (Å²) in [5, 5.41) is 57.5. The van der Waals surface area contributed by atoms with E-state index in [2.05, 4.69) is 288 Å². The molecule has 8 aliphatic rings. The second-order valence-corrected chi connectivity index (χ2v) is 43.6.